The van der Waals surface area contributed by atoms with Crippen LogP contribution in [0, 0.1) is 0 Å². The summed E-state index contributed by atoms with van der Waals surface area (Å²) in [5.41, 5.74) is 5.53. The summed E-state index contributed by atoms with van der Waals surface area (Å²) in [6.07, 6.45) is 0. The van der Waals surface area contributed by atoms with Gasteiger partial charge in [-0.2, -0.15) is 0 Å². The summed E-state index contributed by atoms with van der Waals surface area (Å²) in [7, 11) is 0. The maximum atomic E-state index is 5.60. The molecule has 62 valence electrons. The quantitative estimate of drug-likeness (QED) is 0.763. The molecule has 11 heavy (non-hydrogen) atoms. The maximum absolute atomic E-state index is 5.60. The molecule has 1 aromatic rings. The molecular formula is C6H10ClN3S. The summed E-state index contributed by atoms with van der Waals surface area (Å²) < 4.78 is 0. The Balaban J connectivity index is 2.39. The Hall–Kier alpha value is -0.320. The van der Waals surface area contributed by atoms with Crippen molar-refractivity contribution in [2.75, 3.05) is 11.9 Å². The number of anilines is 1. The van der Waals surface area contributed by atoms with Gasteiger partial charge in [-0.1, -0.05) is 11.6 Å². The number of nitrogens with zero attached hydrogens (tertiary/aromatic N) is 1. The van der Waals surface area contributed by atoms with E-state index in [1.807, 2.05) is 6.92 Å². The summed E-state index contributed by atoms with van der Waals surface area (Å²) in [5.74, 6) is 0. The largest absolute Gasteiger partial charge is 0.360 e. The first-order chi connectivity index (χ1) is 5.18. The van der Waals surface area contributed by atoms with Crippen molar-refractivity contribution >= 4 is 28.1 Å². The van der Waals surface area contributed by atoms with Gasteiger partial charge in [0.25, 0.3) is 0 Å². The van der Waals surface area contributed by atoms with Crippen molar-refractivity contribution in [1.29, 1.82) is 0 Å². The van der Waals surface area contributed by atoms with E-state index in [2.05, 4.69) is 10.3 Å². The second-order valence-corrected chi connectivity index (χ2v) is 3.58. The highest BCUT2D eigenvalue weighted by Crippen LogP contribution is 2.18. The van der Waals surface area contributed by atoms with Gasteiger partial charge in [0.15, 0.2) is 5.13 Å². The third kappa shape index (κ3) is 3.05. The number of aromatic nitrogens is 1. The summed E-state index contributed by atoms with van der Waals surface area (Å²) in [6.45, 7) is 2.66. The zero-order valence-electron chi connectivity index (χ0n) is 6.17. The van der Waals surface area contributed by atoms with Crippen LogP contribution < -0.4 is 11.1 Å². The predicted molar refractivity (Wildman–Crippen MR) is 49.3 cm³/mol. The van der Waals surface area contributed by atoms with Gasteiger partial charge in [-0.05, 0) is 6.92 Å². The van der Waals surface area contributed by atoms with Gasteiger partial charge >= 0.3 is 0 Å². The highest BCUT2D eigenvalue weighted by Gasteiger charge is 1.98. The van der Waals surface area contributed by atoms with E-state index in [0.29, 0.717) is 5.15 Å². The Morgan fingerprint density at radius 1 is 1.91 bits per heavy atom. The molecule has 0 aliphatic carbocycles. The van der Waals surface area contributed by atoms with Gasteiger partial charge in [0.1, 0.15) is 5.15 Å². The zero-order valence-corrected chi connectivity index (χ0v) is 7.75. The Kier molecular flexibility index (Phi) is 3.11. The first-order valence-corrected chi connectivity index (χ1v) is 4.54. The minimum Gasteiger partial charge on any atom is -0.360 e. The van der Waals surface area contributed by atoms with E-state index in [9.17, 15) is 0 Å². The zero-order chi connectivity index (χ0) is 8.27. The van der Waals surface area contributed by atoms with Crippen molar-refractivity contribution in [3.05, 3.63) is 10.5 Å². The minimum absolute atomic E-state index is 0.137. The Morgan fingerprint density at radius 3 is 3.09 bits per heavy atom. The monoisotopic (exact) mass is 191 g/mol. The number of nitrogens with two attached hydrogens (primary N) is 1. The third-order valence-corrected chi connectivity index (χ3v) is 2.17. The number of hydrogen-bond acceptors (Lipinski definition) is 4. The van der Waals surface area contributed by atoms with E-state index < -0.39 is 0 Å². The molecule has 0 spiro atoms. The minimum atomic E-state index is 0.137. The molecule has 0 fully saturated rings. The van der Waals surface area contributed by atoms with Gasteiger partial charge < -0.3 is 11.1 Å². The molecule has 5 heteroatoms. The van der Waals surface area contributed by atoms with Crippen LogP contribution in [-0.2, 0) is 0 Å². The summed E-state index contributed by atoms with van der Waals surface area (Å²) >= 11 is 7.09. The number of nitrogens with one attached hydrogen (secondary N) is 1. The van der Waals surface area contributed by atoms with E-state index in [0.717, 1.165) is 11.7 Å². The molecule has 0 saturated carbocycles. The van der Waals surface area contributed by atoms with Crippen molar-refractivity contribution in [1.82, 2.24) is 4.98 Å². The molecule has 1 heterocycles. The van der Waals surface area contributed by atoms with Crippen LogP contribution in [0.2, 0.25) is 5.15 Å². The number of hydrogen-bond donors (Lipinski definition) is 2. The molecule has 0 amide bonds. The lowest BCUT2D eigenvalue weighted by Crippen LogP contribution is -2.25. The van der Waals surface area contributed by atoms with Crippen molar-refractivity contribution in [2.45, 2.75) is 13.0 Å². The lowest BCUT2D eigenvalue weighted by atomic mass is 10.4. The van der Waals surface area contributed by atoms with Crippen LogP contribution in [0.1, 0.15) is 6.92 Å². The highest BCUT2D eigenvalue weighted by atomic mass is 35.5. The molecule has 1 atom stereocenters. The van der Waals surface area contributed by atoms with Gasteiger partial charge in [-0.15, -0.1) is 11.3 Å². The lowest BCUT2D eigenvalue weighted by Gasteiger charge is -2.04. The van der Waals surface area contributed by atoms with Crippen LogP contribution in [0.5, 0.6) is 0 Å². The van der Waals surface area contributed by atoms with Crippen LogP contribution in [0.25, 0.3) is 0 Å². The van der Waals surface area contributed by atoms with Gasteiger partial charge in [0.2, 0.25) is 0 Å². The first kappa shape index (κ1) is 8.77. The number of thiazole rings is 1. The van der Waals surface area contributed by atoms with Crippen molar-refractivity contribution in [3.63, 3.8) is 0 Å². The molecule has 1 aromatic heterocycles. The standard InChI is InChI=1S/C6H10ClN3S/c1-4(8)2-9-6-10-5(7)3-11-6/h3-4H,2,8H2,1H3,(H,9,10). The Morgan fingerprint density at radius 2 is 2.64 bits per heavy atom. The molecule has 1 unspecified atom stereocenters. The van der Waals surface area contributed by atoms with Crippen LogP contribution in [0.4, 0.5) is 5.13 Å². The molecule has 1 rings (SSSR count). The molecule has 3 nitrogen and oxygen atoms in total. The number of rotatable bonds is 3. The number of halogens is 1. The second-order valence-electron chi connectivity index (χ2n) is 2.33. The Labute approximate surface area is 74.6 Å². The van der Waals surface area contributed by atoms with Crippen LogP contribution >= 0.6 is 22.9 Å². The predicted octanol–water partition coefficient (Wildman–Crippen LogP) is 1.56. The molecular weight excluding hydrogens is 182 g/mol. The molecule has 0 bridgehead atoms. The normalized spacial score (nSPS) is 13.0. The fourth-order valence-corrected chi connectivity index (χ4v) is 1.43. The van der Waals surface area contributed by atoms with Crippen LogP contribution in [0.15, 0.2) is 5.38 Å². The van der Waals surface area contributed by atoms with Gasteiger partial charge in [0, 0.05) is 18.0 Å². The van der Waals surface area contributed by atoms with Crippen molar-refractivity contribution in [3.8, 4) is 0 Å². The fraction of sp³-hybridized carbons (Fsp3) is 0.500. The maximum Gasteiger partial charge on any atom is 0.184 e. The summed E-state index contributed by atoms with van der Waals surface area (Å²) in [4.78, 5) is 4.00. The van der Waals surface area contributed by atoms with Crippen molar-refractivity contribution in [2.24, 2.45) is 5.73 Å². The van der Waals surface area contributed by atoms with E-state index >= 15 is 0 Å². The molecule has 0 aromatic carbocycles. The van der Waals surface area contributed by atoms with Gasteiger partial charge in [-0.3, -0.25) is 0 Å². The smallest absolute Gasteiger partial charge is 0.184 e. The first-order valence-electron chi connectivity index (χ1n) is 3.29. The highest BCUT2D eigenvalue weighted by molar-refractivity contribution is 7.14. The molecule has 0 aliphatic rings. The van der Waals surface area contributed by atoms with Gasteiger partial charge in [-0.25, -0.2) is 4.98 Å². The summed E-state index contributed by atoms with van der Waals surface area (Å²) in [5, 5.41) is 6.20. The average Bonchev–Trinajstić information content (AvgIpc) is 2.31. The van der Waals surface area contributed by atoms with E-state index in [4.69, 9.17) is 17.3 Å². The summed E-state index contributed by atoms with van der Waals surface area (Å²) in [6, 6.07) is 0.137. The molecule has 0 saturated heterocycles. The van der Waals surface area contributed by atoms with E-state index in [-0.39, 0.29) is 6.04 Å². The SMILES string of the molecule is CC(N)CNc1nc(Cl)cs1. The Bertz CT molecular complexity index is 223. The fourth-order valence-electron chi connectivity index (χ4n) is 0.584. The molecule has 0 radical (unpaired) electrons. The molecule has 0 aliphatic heterocycles. The van der Waals surface area contributed by atoms with E-state index in [1.54, 1.807) is 5.38 Å². The molecule has 3 N–H and O–H groups in total. The van der Waals surface area contributed by atoms with Crippen LogP contribution in [0.3, 0.4) is 0 Å². The topological polar surface area (TPSA) is 50.9 Å². The lowest BCUT2D eigenvalue weighted by molar-refractivity contribution is 0.779. The van der Waals surface area contributed by atoms with E-state index in [1.165, 1.54) is 11.3 Å². The second kappa shape index (κ2) is 3.90. The third-order valence-electron chi connectivity index (χ3n) is 1.05. The van der Waals surface area contributed by atoms with Crippen LogP contribution in [-0.4, -0.2) is 17.6 Å². The average molecular weight is 192 g/mol. The van der Waals surface area contributed by atoms with Gasteiger partial charge in [0.05, 0.1) is 0 Å². The van der Waals surface area contributed by atoms with Crippen molar-refractivity contribution < 1.29 is 0 Å².